The summed E-state index contributed by atoms with van der Waals surface area (Å²) in [5.74, 6) is 0. The summed E-state index contributed by atoms with van der Waals surface area (Å²) in [7, 11) is 0. The van der Waals surface area contributed by atoms with Gasteiger partial charge in [0.1, 0.15) is 35.7 Å². The second-order valence-corrected chi connectivity index (χ2v) is 13.6. The van der Waals surface area contributed by atoms with Gasteiger partial charge in [-0.2, -0.15) is 0 Å². The Bertz CT molecular complexity index is 1420. The predicted octanol–water partition coefficient (Wildman–Crippen LogP) is 7.46. The van der Waals surface area contributed by atoms with Gasteiger partial charge in [-0.25, -0.2) is 4.79 Å². The number of rotatable bonds is 11. The van der Waals surface area contributed by atoms with E-state index in [0.29, 0.717) is 26.4 Å². The maximum absolute atomic E-state index is 13.3. The van der Waals surface area contributed by atoms with Crippen molar-refractivity contribution in [3.8, 4) is 0 Å². The Labute approximate surface area is 279 Å². The second-order valence-electron chi connectivity index (χ2n) is 13.6. The largest absolute Gasteiger partial charge is 0.444 e. The van der Waals surface area contributed by atoms with E-state index in [0.717, 1.165) is 16.7 Å². The lowest BCUT2D eigenvalue weighted by molar-refractivity contribution is -0.251. The Morgan fingerprint density at radius 2 is 1.23 bits per heavy atom. The van der Waals surface area contributed by atoms with E-state index in [1.54, 1.807) is 4.90 Å². The van der Waals surface area contributed by atoms with Gasteiger partial charge in [-0.3, -0.25) is 4.90 Å². The molecule has 252 valence electrons. The molecule has 2 saturated heterocycles. The van der Waals surface area contributed by atoms with Gasteiger partial charge in [-0.15, -0.1) is 0 Å². The van der Waals surface area contributed by atoms with Crippen LogP contribution in [0.2, 0.25) is 0 Å². The summed E-state index contributed by atoms with van der Waals surface area (Å²) in [4.78, 5) is 15.0. The fraction of sp³-hybridized carbons (Fsp3) is 0.462. The van der Waals surface area contributed by atoms with E-state index in [1.807, 2.05) is 145 Å². The van der Waals surface area contributed by atoms with Crippen LogP contribution < -0.4 is 0 Å². The molecule has 8 heteroatoms. The molecule has 5 rings (SSSR count). The maximum Gasteiger partial charge on any atom is 0.413 e. The fourth-order valence-corrected chi connectivity index (χ4v) is 5.99. The zero-order valence-electron chi connectivity index (χ0n) is 28.4. The Kier molecular flexibility index (Phi) is 11.5. The van der Waals surface area contributed by atoms with E-state index in [-0.39, 0.29) is 12.1 Å². The van der Waals surface area contributed by atoms with Gasteiger partial charge in [0, 0.05) is 0 Å². The van der Waals surface area contributed by atoms with Crippen LogP contribution in [0.25, 0.3) is 0 Å². The minimum Gasteiger partial charge on any atom is -0.444 e. The molecular weight excluding hydrogens is 594 g/mol. The van der Waals surface area contributed by atoms with Crippen LogP contribution in [-0.4, -0.2) is 65.5 Å². The van der Waals surface area contributed by atoms with Crippen LogP contribution in [0.5, 0.6) is 0 Å². The second kappa shape index (κ2) is 15.6. The molecule has 2 aliphatic rings. The Morgan fingerprint density at radius 3 is 1.72 bits per heavy atom. The number of carbonyl (C=O) groups excluding carboxylic acids is 1. The van der Waals surface area contributed by atoms with E-state index in [4.69, 9.17) is 28.4 Å². The lowest BCUT2D eigenvalue weighted by Crippen LogP contribution is -2.59. The van der Waals surface area contributed by atoms with Crippen LogP contribution >= 0.6 is 0 Å². The van der Waals surface area contributed by atoms with Gasteiger partial charge in [0.2, 0.25) is 0 Å². The van der Waals surface area contributed by atoms with Crippen molar-refractivity contribution >= 4 is 6.09 Å². The van der Waals surface area contributed by atoms with Crippen LogP contribution in [0, 0.1) is 0 Å². The van der Waals surface area contributed by atoms with Crippen molar-refractivity contribution in [1.29, 1.82) is 0 Å². The maximum atomic E-state index is 13.3. The summed E-state index contributed by atoms with van der Waals surface area (Å²) in [5, 5.41) is 0. The summed E-state index contributed by atoms with van der Waals surface area (Å²) in [6.45, 7) is 12.8. The first-order valence-corrected chi connectivity index (χ1v) is 16.5. The van der Waals surface area contributed by atoms with E-state index < -0.39 is 41.8 Å². The molecular formula is C39H49NO7. The van der Waals surface area contributed by atoms with Gasteiger partial charge in [0.05, 0.1) is 38.6 Å². The van der Waals surface area contributed by atoms with E-state index in [9.17, 15) is 4.79 Å². The minimum atomic E-state index is -0.834. The molecule has 0 saturated carbocycles. The van der Waals surface area contributed by atoms with Gasteiger partial charge >= 0.3 is 6.09 Å². The highest BCUT2D eigenvalue weighted by Gasteiger charge is 2.48. The summed E-state index contributed by atoms with van der Waals surface area (Å²) < 4.78 is 38.5. The third kappa shape index (κ3) is 9.52. The van der Waals surface area contributed by atoms with Crippen LogP contribution in [-0.2, 0) is 48.2 Å². The van der Waals surface area contributed by atoms with E-state index in [1.165, 1.54) is 0 Å². The van der Waals surface area contributed by atoms with Crippen molar-refractivity contribution in [3.05, 3.63) is 120 Å². The third-order valence-electron chi connectivity index (χ3n) is 8.29. The summed E-state index contributed by atoms with van der Waals surface area (Å²) in [6, 6.07) is 29.9. The first kappa shape index (κ1) is 34.8. The van der Waals surface area contributed by atoms with Gasteiger partial charge in [0.15, 0.2) is 0 Å². The van der Waals surface area contributed by atoms with Crippen molar-refractivity contribution in [2.24, 2.45) is 0 Å². The molecule has 0 spiro atoms. The highest BCUT2D eigenvalue weighted by atomic mass is 16.6. The number of carbonyl (C=O) groups is 1. The summed E-state index contributed by atoms with van der Waals surface area (Å²) >= 11 is 0. The lowest BCUT2D eigenvalue weighted by atomic mass is 9.93. The number of benzene rings is 3. The number of ether oxygens (including phenoxy) is 6. The van der Waals surface area contributed by atoms with E-state index >= 15 is 0 Å². The first-order valence-electron chi connectivity index (χ1n) is 16.5. The average Bonchev–Trinajstić information content (AvgIpc) is 3.36. The SMILES string of the molecule is C[C@@H]1O[C@@H](/C=C/[C@@H]2COC(C)(C)N2C(=O)OC(C)(C)C)[C@@H](OCc2ccccc2)[C@H](OCc2ccccc2)[C@@H]1OCc1ccccc1. The molecule has 2 aliphatic heterocycles. The van der Waals surface area contributed by atoms with Crippen molar-refractivity contribution in [2.45, 2.75) is 109 Å². The molecule has 1 amide bonds. The van der Waals surface area contributed by atoms with Gasteiger partial charge < -0.3 is 28.4 Å². The zero-order chi connectivity index (χ0) is 33.4. The molecule has 0 bridgehead atoms. The molecule has 2 heterocycles. The molecule has 0 aliphatic carbocycles. The van der Waals surface area contributed by atoms with Crippen LogP contribution in [0.3, 0.4) is 0 Å². The standard InChI is InChI=1S/C39H49NO7/c1-28-34(42-24-29-16-10-7-11-17-29)36(44-26-31-20-14-9-15-21-31)35(43-25-30-18-12-8-13-19-30)33(46-28)23-22-32-27-45-39(5,6)40(32)37(41)47-38(2,3)4/h7-23,28,32-36H,24-27H2,1-6H3/b23-22+/t28-,32+,33-,34+,35+,36+/m0/s1. The number of amides is 1. The predicted molar refractivity (Wildman–Crippen MR) is 180 cm³/mol. The fourth-order valence-electron chi connectivity index (χ4n) is 5.99. The smallest absolute Gasteiger partial charge is 0.413 e. The lowest BCUT2D eigenvalue weighted by Gasteiger charge is -2.45. The Hall–Kier alpha value is -3.53. The molecule has 0 aromatic heterocycles. The van der Waals surface area contributed by atoms with Crippen LogP contribution in [0.1, 0.15) is 58.2 Å². The van der Waals surface area contributed by atoms with Crippen LogP contribution in [0.4, 0.5) is 4.79 Å². The number of nitrogens with zero attached hydrogens (tertiary/aromatic N) is 1. The molecule has 3 aromatic rings. The van der Waals surface area contributed by atoms with Crippen molar-refractivity contribution in [2.75, 3.05) is 6.61 Å². The molecule has 8 nitrogen and oxygen atoms in total. The minimum absolute atomic E-state index is 0.316. The topological polar surface area (TPSA) is 75.7 Å². The van der Waals surface area contributed by atoms with Crippen molar-refractivity contribution < 1.29 is 33.2 Å². The zero-order valence-corrected chi connectivity index (χ0v) is 28.4. The van der Waals surface area contributed by atoms with Crippen molar-refractivity contribution in [1.82, 2.24) is 4.90 Å². The molecule has 47 heavy (non-hydrogen) atoms. The summed E-state index contributed by atoms with van der Waals surface area (Å²) in [6.07, 6.45) is 1.33. The molecule has 2 fully saturated rings. The Balaban J connectivity index is 1.43. The molecule has 3 aromatic carbocycles. The summed E-state index contributed by atoms with van der Waals surface area (Å²) in [5.41, 5.74) is 1.69. The molecule has 6 atom stereocenters. The highest BCUT2D eigenvalue weighted by Crippen LogP contribution is 2.33. The normalized spacial score (nSPS) is 26.0. The Morgan fingerprint density at radius 1 is 0.766 bits per heavy atom. The third-order valence-corrected chi connectivity index (χ3v) is 8.29. The number of hydrogen-bond donors (Lipinski definition) is 0. The van der Waals surface area contributed by atoms with Gasteiger partial charge in [-0.05, 0) is 58.2 Å². The van der Waals surface area contributed by atoms with E-state index in [2.05, 4.69) is 0 Å². The average molecular weight is 644 g/mol. The van der Waals surface area contributed by atoms with Gasteiger partial charge in [-0.1, -0.05) is 103 Å². The number of hydrogen-bond acceptors (Lipinski definition) is 7. The first-order chi connectivity index (χ1) is 22.5. The highest BCUT2D eigenvalue weighted by molar-refractivity contribution is 5.70. The monoisotopic (exact) mass is 643 g/mol. The van der Waals surface area contributed by atoms with Gasteiger partial charge in [0.25, 0.3) is 0 Å². The molecule has 0 unspecified atom stereocenters. The molecule has 0 N–H and O–H groups in total. The van der Waals surface area contributed by atoms with Crippen LogP contribution in [0.15, 0.2) is 103 Å². The quantitative estimate of drug-likeness (QED) is 0.201. The molecule has 0 radical (unpaired) electrons. The van der Waals surface area contributed by atoms with Crippen molar-refractivity contribution in [3.63, 3.8) is 0 Å².